The van der Waals surface area contributed by atoms with E-state index in [1.807, 2.05) is 42.5 Å². The number of hydrogen-bond acceptors (Lipinski definition) is 2. The summed E-state index contributed by atoms with van der Waals surface area (Å²) in [5.74, 6) is 0. The molecule has 0 saturated heterocycles. The fourth-order valence-electron chi connectivity index (χ4n) is 1.78. The van der Waals surface area contributed by atoms with Gasteiger partial charge in [-0.25, -0.2) is 0 Å². The van der Waals surface area contributed by atoms with Crippen LogP contribution in [-0.4, -0.2) is 0 Å². The van der Waals surface area contributed by atoms with Gasteiger partial charge in [0.25, 0.3) is 0 Å². The number of nitriles is 1. The van der Waals surface area contributed by atoms with Crippen molar-refractivity contribution in [1.29, 1.82) is 5.26 Å². The van der Waals surface area contributed by atoms with E-state index in [0.717, 1.165) is 15.6 Å². The molecule has 0 radical (unpaired) electrons. The molecule has 1 unspecified atom stereocenters. The zero-order valence-electron chi connectivity index (χ0n) is 10.1. The maximum atomic E-state index is 9.29. The summed E-state index contributed by atoms with van der Waals surface area (Å²) in [4.78, 5) is 0. The predicted octanol–water partition coefficient (Wildman–Crippen LogP) is 4.46. The molecule has 0 bridgehead atoms. The number of benzene rings is 2. The van der Waals surface area contributed by atoms with Crippen molar-refractivity contribution in [2.24, 2.45) is 0 Å². The lowest BCUT2D eigenvalue weighted by atomic mass is 10.1. The van der Waals surface area contributed by atoms with E-state index in [2.05, 4.69) is 27.3 Å². The van der Waals surface area contributed by atoms with E-state index in [1.54, 1.807) is 6.07 Å². The molecule has 2 rings (SSSR count). The first-order valence-corrected chi connectivity index (χ1v) is 6.99. The van der Waals surface area contributed by atoms with Gasteiger partial charge in [0.2, 0.25) is 0 Å². The monoisotopic (exact) mass is 334 g/mol. The van der Waals surface area contributed by atoms with Crippen LogP contribution in [0.3, 0.4) is 0 Å². The third-order valence-corrected chi connectivity index (χ3v) is 3.59. The molecule has 1 N–H and O–H groups in total. The van der Waals surface area contributed by atoms with E-state index in [1.165, 1.54) is 0 Å². The van der Waals surface area contributed by atoms with E-state index in [0.29, 0.717) is 11.6 Å². The van der Waals surface area contributed by atoms with Crippen LogP contribution >= 0.6 is 27.5 Å². The Balaban J connectivity index is 2.13. The van der Waals surface area contributed by atoms with Crippen LogP contribution in [0.5, 0.6) is 0 Å². The van der Waals surface area contributed by atoms with Gasteiger partial charge in [0.15, 0.2) is 0 Å². The van der Waals surface area contributed by atoms with Crippen molar-refractivity contribution >= 4 is 27.5 Å². The highest BCUT2D eigenvalue weighted by molar-refractivity contribution is 9.10. The summed E-state index contributed by atoms with van der Waals surface area (Å²) in [5.41, 5.74) is 1.92. The van der Waals surface area contributed by atoms with Crippen molar-refractivity contribution < 1.29 is 0 Å². The number of hydrogen-bond donors (Lipinski definition) is 1. The minimum absolute atomic E-state index is 0.426. The molecule has 2 aromatic carbocycles. The minimum atomic E-state index is -0.426. The Bertz CT molecular complexity index is 593. The van der Waals surface area contributed by atoms with Crippen molar-refractivity contribution in [3.05, 3.63) is 69.2 Å². The number of rotatable bonds is 4. The average molecular weight is 336 g/mol. The normalized spacial score (nSPS) is 11.8. The molecule has 0 amide bonds. The third kappa shape index (κ3) is 3.81. The van der Waals surface area contributed by atoms with E-state index in [4.69, 9.17) is 11.6 Å². The van der Waals surface area contributed by atoms with Gasteiger partial charge in [-0.2, -0.15) is 5.26 Å². The van der Waals surface area contributed by atoms with Gasteiger partial charge in [0, 0.05) is 21.6 Å². The molecule has 96 valence electrons. The summed E-state index contributed by atoms with van der Waals surface area (Å²) in [6, 6.07) is 17.3. The van der Waals surface area contributed by atoms with Crippen LogP contribution in [0.1, 0.15) is 17.2 Å². The summed E-state index contributed by atoms with van der Waals surface area (Å²) in [5, 5.41) is 13.1. The zero-order valence-corrected chi connectivity index (χ0v) is 12.4. The minimum Gasteiger partial charge on any atom is -0.294 e. The first kappa shape index (κ1) is 14.1. The topological polar surface area (TPSA) is 35.8 Å². The Morgan fingerprint density at radius 3 is 2.63 bits per heavy atom. The molecule has 0 fully saturated rings. The summed E-state index contributed by atoms with van der Waals surface area (Å²) in [6.07, 6.45) is 0. The van der Waals surface area contributed by atoms with Crippen LogP contribution in [-0.2, 0) is 6.54 Å². The standard InChI is InChI=1S/C15H12BrClN2/c16-12-6-7-14(17)13(8-12)15(9-18)19-10-11-4-2-1-3-5-11/h1-8,15,19H,10H2. The first-order valence-electron chi connectivity index (χ1n) is 5.82. The molecule has 0 aliphatic heterocycles. The highest BCUT2D eigenvalue weighted by Crippen LogP contribution is 2.26. The molecule has 4 heteroatoms. The molecule has 0 aliphatic carbocycles. The van der Waals surface area contributed by atoms with Gasteiger partial charge >= 0.3 is 0 Å². The Hall–Kier alpha value is -1.34. The molecule has 0 aromatic heterocycles. The van der Waals surface area contributed by atoms with E-state index in [9.17, 15) is 5.26 Å². The van der Waals surface area contributed by atoms with Gasteiger partial charge in [-0.05, 0) is 23.8 Å². The highest BCUT2D eigenvalue weighted by atomic mass is 79.9. The molecule has 0 aliphatic rings. The van der Waals surface area contributed by atoms with E-state index in [-0.39, 0.29) is 0 Å². The first-order chi connectivity index (χ1) is 9.20. The van der Waals surface area contributed by atoms with Crippen LogP contribution < -0.4 is 5.32 Å². The van der Waals surface area contributed by atoms with Crippen molar-refractivity contribution in [2.45, 2.75) is 12.6 Å². The smallest absolute Gasteiger partial charge is 0.123 e. The van der Waals surface area contributed by atoms with Gasteiger partial charge < -0.3 is 0 Å². The van der Waals surface area contributed by atoms with Crippen molar-refractivity contribution in [1.82, 2.24) is 5.32 Å². The molecular weight excluding hydrogens is 324 g/mol. The largest absolute Gasteiger partial charge is 0.294 e. The molecule has 0 heterocycles. The molecule has 19 heavy (non-hydrogen) atoms. The molecule has 0 saturated carbocycles. The SMILES string of the molecule is N#CC(NCc1ccccc1)c1cc(Br)ccc1Cl. The van der Waals surface area contributed by atoms with Gasteiger partial charge in [-0.1, -0.05) is 57.9 Å². The molecule has 1 atom stereocenters. The Morgan fingerprint density at radius 1 is 1.21 bits per heavy atom. The van der Waals surface area contributed by atoms with Crippen LogP contribution in [0.4, 0.5) is 0 Å². The van der Waals surface area contributed by atoms with Gasteiger partial charge in [-0.15, -0.1) is 0 Å². The fourth-order valence-corrected chi connectivity index (χ4v) is 2.38. The maximum absolute atomic E-state index is 9.29. The Kier molecular flexibility index (Phi) is 4.98. The highest BCUT2D eigenvalue weighted by Gasteiger charge is 2.13. The van der Waals surface area contributed by atoms with Crippen molar-refractivity contribution in [3.8, 4) is 6.07 Å². The number of halogens is 2. The molecule has 2 aromatic rings. The van der Waals surface area contributed by atoms with Crippen molar-refractivity contribution in [3.63, 3.8) is 0 Å². The molecule has 2 nitrogen and oxygen atoms in total. The second-order valence-corrected chi connectivity index (χ2v) is 5.42. The number of nitrogens with one attached hydrogen (secondary N) is 1. The Morgan fingerprint density at radius 2 is 1.95 bits per heavy atom. The van der Waals surface area contributed by atoms with Gasteiger partial charge in [0.1, 0.15) is 6.04 Å². The van der Waals surface area contributed by atoms with E-state index < -0.39 is 6.04 Å². The van der Waals surface area contributed by atoms with Crippen LogP contribution in [0.2, 0.25) is 5.02 Å². The van der Waals surface area contributed by atoms with Gasteiger partial charge in [-0.3, -0.25) is 5.32 Å². The van der Waals surface area contributed by atoms with E-state index >= 15 is 0 Å². The van der Waals surface area contributed by atoms with Crippen LogP contribution in [0.15, 0.2) is 53.0 Å². The average Bonchev–Trinajstić information content (AvgIpc) is 2.44. The maximum Gasteiger partial charge on any atom is 0.123 e. The fraction of sp³-hybridized carbons (Fsp3) is 0.133. The quantitative estimate of drug-likeness (QED) is 0.895. The van der Waals surface area contributed by atoms with Gasteiger partial charge in [0.05, 0.1) is 6.07 Å². The predicted molar refractivity (Wildman–Crippen MR) is 80.8 cm³/mol. The lowest BCUT2D eigenvalue weighted by molar-refractivity contribution is 0.630. The zero-order chi connectivity index (χ0) is 13.7. The van der Waals surface area contributed by atoms with Crippen molar-refractivity contribution in [2.75, 3.05) is 0 Å². The Labute approximate surface area is 126 Å². The van der Waals surface area contributed by atoms with Crippen LogP contribution in [0.25, 0.3) is 0 Å². The summed E-state index contributed by atoms with van der Waals surface area (Å²) < 4.78 is 0.911. The lowest BCUT2D eigenvalue weighted by Crippen LogP contribution is -2.19. The molecule has 0 spiro atoms. The summed E-state index contributed by atoms with van der Waals surface area (Å²) >= 11 is 9.53. The summed E-state index contributed by atoms with van der Waals surface area (Å²) in [6.45, 7) is 0.627. The lowest BCUT2D eigenvalue weighted by Gasteiger charge is -2.14. The number of nitrogens with zero attached hydrogens (tertiary/aromatic N) is 1. The van der Waals surface area contributed by atoms with Crippen LogP contribution in [0, 0.1) is 11.3 Å². The molecular formula is C15H12BrClN2. The second kappa shape index (κ2) is 6.72. The summed E-state index contributed by atoms with van der Waals surface area (Å²) in [7, 11) is 0. The second-order valence-electron chi connectivity index (χ2n) is 4.09. The third-order valence-electron chi connectivity index (χ3n) is 2.75.